The van der Waals surface area contributed by atoms with E-state index in [4.69, 9.17) is 0 Å². The molecule has 86 valence electrons. The monoisotopic (exact) mass is 281 g/mol. The molecular weight excluding hydrogens is 266 g/mol. The van der Waals surface area contributed by atoms with E-state index in [1.807, 2.05) is 6.07 Å². The molecule has 0 unspecified atom stereocenters. The molecule has 2 fully saturated rings. The molecule has 1 aromatic rings. The number of benzene rings is 1. The number of aliphatic hydroxyl groups is 1. The van der Waals surface area contributed by atoms with Crippen molar-refractivity contribution in [3.8, 4) is 0 Å². The van der Waals surface area contributed by atoms with Crippen LogP contribution in [0.1, 0.15) is 31.2 Å². The first kappa shape index (κ1) is 10.6. The van der Waals surface area contributed by atoms with Crippen LogP contribution in [0.4, 0.5) is 5.69 Å². The van der Waals surface area contributed by atoms with Gasteiger partial charge in [-0.25, -0.2) is 0 Å². The second-order valence-electron chi connectivity index (χ2n) is 4.86. The lowest BCUT2D eigenvalue weighted by Gasteiger charge is -2.24. The molecular formula is C13H16BrNO. The van der Waals surface area contributed by atoms with Crippen LogP contribution in [-0.2, 0) is 5.60 Å². The first-order chi connectivity index (χ1) is 7.71. The highest BCUT2D eigenvalue weighted by molar-refractivity contribution is 9.10. The van der Waals surface area contributed by atoms with E-state index in [9.17, 15) is 5.11 Å². The van der Waals surface area contributed by atoms with Gasteiger partial charge in [-0.1, -0.05) is 22.0 Å². The van der Waals surface area contributed by atoms with E-state index in [1.54, 1.807) is 0 Å². The summed E-state index contributed by atoms with van der Waals surface area (Å²) < 4.78 is 1.05. The Morgan fingerprint density at radius 1 is 1.19 bits per heavy atom. The summed E-state index contributed by atoms with van der Waals surface area (Å²) >= 11 is 3.58. The van der Waals surface area contributed by atoms with Crippen molar-refractivity contribution >= 4 is 21.6 Å². The van der Waals surface area contributed by atoms with Gasteiger partial charge in [0.2, 0.25) is 0 Å². The van der Waals surface area contributed by atoms with Crippen LogP contribution in [-0.4, -0.2) is 18.2 Å². The van der Waals surface area contributed by atoms with E-state index in [0.717, 1.165) is 36.0 Å². The minimum absolute atomic E-state index is 0.558. The number of nitrogens with zero attached hydrogens (tertiary/aromatic N) is 1. The zero-order chi connectivity index (χ0) is 11.2. The van der Waals surface area contributed by atoms with Crippen LogP contribution in [0.5, 0.6) is 0 Å². The fraction of sp³-hybridized carbons (Fsp3) is 0.538. The molecule has 16 heavy (non-hydrogen) atoms. The lowest BCUT2D eigenvalue weighted by atomic mass is 10.0. The lowest BCUT2D eigenvalue weighted by molar-refractivity contribution is 0.151. The highest BCUT2D eigenvalue weighted by Gasteiger charge is 2.45. The maximum absolute atomic E-state index is 10.4. The predicted molar refractivity (Wildman–Crippen MR) is 68.7 cm³/mol. The SMILES string of the molecule is OC1(c2c(Br)cccc2N2CCCC2)CC1. The molecule has 1 aliphatic heterocycles. The standard InChI is InChI=1S/C13H16BrNO/c14-10-4-3-5-11(15-8-1-2-9-15)12(10)13(16)6-7-13/h3-5,16H,1-2,6-9H2. The van der Waals surface area contributed by atoms with Gasteiger partial charge in [-0.15, -0.1) is 0 Å². The number of hydrogen-bond donors (Lipinski definition) is 1. The normalized spacial score (nSPS) is 22.5. The Morgan fingerprint density at radius 2 is 1.88 bits per heavy atom. The predicted octanol–water partition coefficient (Wildman–Crippen LogP) is 3.03. The van der Waals surface area contributed by atoms with Gasteiger partial charge in [-0.3, -0.25) is 0 Å². The van der Waals surface area contributed by atoms with Crippen molar-refractivity contribution in [2.45, 2.75) is 31.3 Å². The van der Waals surface area contributed by atoms with Crippen LogP contribution in [0.3, 0.4) is 0 Å². The van der Waals surface area contributed by atoms with Gasteiger partial charge in [0.15, 0.2) is 0 Å². The molecule has 0 amide bonds. The lowest BCUT2D eigenvalue weighted by Crippen LogP contribution is -2.22. The second kappa shape index (κ2) is 3.74. The molecule has 0 atom stereocenters. The molecule has 1 N–H and O–H groups in total. The van der Waals surface area contributed by atoms with Gasteiger partial charge in [-0.2, -0.15) is 0 Å². The van der Waals surface area contributed by atoms with Crippen molar-refractivity contribution in [2.24, 2.45) is 0 Å². The molecule has 1 aliphatic carbocycles. The van der Waals surface area contributed by atoms with Crippen molar-refractivity contribution in [2.75, 3.05) is 18.0 Å². The van der Waals surface area contributed by atoms with Crippen molar-refractivity contribution < 1.29 is 5.11 Å². The topological polar surface area (TPSA) is 23.5 Å². The first-order valence-electron chi connectivity index (χ1n) is 5.97. The van der Waals surface area contributed by atoms with Gasteiger partial charge in [0, 0.05) is 28.8 Å². The Kier molecular flexibility index (Phi) is 2.48. The van der Waals surface area contributed by atoms with E-state index >= 15 is 0 Å². The van der Waals surface area contributed by atoms with Gasteiger partial charge < -0.3 is 10.0 Å². The minimum atomic E-state index is -0.558. The summed E-state index contributed by atoms with van der Waals surface area (Å²) in [5, 5.41) is 10.4. The summed E-state index contributed by atoms with van der Waals surface area (Å²) in [6, 6.07) is 6.24. The molecule has 1 heterocycles. The quantitative estimate of drug-likeness (QED) is 0.901. The van der Waals surface area contributed by atoms with Crippen LogP contribution in [0.25, 0.3) is 0 Å². The molecule has 0 spiro atoms. The van der Waals surface area contributed by atoms with E-state index in [-0.39, 0.29) is 0 Å². The summed E-state index contributed by atoms with van der Waals surface area (Å²) in [5.74, 6) is 0. The summed E-state index contributed by atoms with van der Waals surface area (Å²) in [6.45, 7) is 2.25. The Bertz CT molecular complexity index is 408. The fourth-order valence-corrected chi connectivity index (χ4v) is 3.29. The smallest absolute Gasteiger partial charge is 0.0929 e. The average molecular weight is 282 g/mol. The van der Waals surface area contributed by atoms with Crippen LogP contribution in [0.15, 0.2) is 22.7 Å². The zero-order valence-electron chi connectivity index (χ0n) is 9.25. The number of hydrogen-bond acceptors (Lipinski definition) is 2. The summed E-state index contributed by atoms with van der Waals surface area (Å²) in [6.07, 6.45) is 4.33. The maximum atomic E-state index is 10.4. The molecule has 1 saturated heterocycles. The molecule has 3 heteroatoms. The average Bonchev–Trinajstić information content (AvgIpc) is 2.83. The molecule has 0 radical (unpaired) electrons. The maximum Gasteiger partial charge on any atom is 0.0929 e. The molecule has 2 aliphatic rings. The molecule has 0 bridgehead atoms. The van der Waals surface area contributed by atoms with Crippen LogP contribution >= 0.6 is 15.9 Å². The van der Waals surface area contributed by atoms with Gasteiger partial charge in [0.1, 0.15) is 0 Å². The Balaban J connectivity index is 2.06. The van der Waals surface area contributed by atoms with Gasteiger partial charge in [-0.05, 0) is 37.8 Å². The van der Waals surface area contributed by atoms with Gasteiger partial charge in [0.25, 0.3) is 0 Å². The highest BCUT2D eigenvalue weighted by Crippen LogP contribution is 2.51. The van der Waals surface area contributed by atoms with E-state index in [2.05, 4.69) is 33.0 Å². The molecule has 3 rings (SSSR count). The van der Waals surface area contributed by atoms with Crippen molar-refractivity contribution in [3.63, 3.8) is 0 Å². The first-order valence-corrected chi connectivity index (χ1v) is 6.76. The summed E-state index contributed by atoms with van der Waals surface area (Å²) in [5.41, 5.74) is 1.78. The largest absolute Gasteiger partial charge is 0.385 e. The Morgan fingerprint density at radius 3 is 2.50 bits per heavy atom. The third-order valence-electron chi connectivity index (χ3n) is 3.63. The van der Waals surface area contributed by atoms with Gasteiger partial charge in [0.05, 0.1) is 5.60 Å². The minimum Gasteiger partial charge on any atom is -0.385 e. The van der Waals surface area contributed by atoms with E-state index < -0.39 is 5.60 Å². The third-order valence-corrected chi connectivity index (χ3v) is 4.29. The van der Waals surface area contributed by atoms with Crippen molar-refractivity contribution in [3.05, 3.63) is 28.2 Å². The Hall–Kier alpha value is -0.540. The molecule has 1 aromatic carbocycles. The highest BCUT2D eigenvalue weighted by atomic mass is 79.9. The number of halogens is 1. The summed E-state index contributed by atoms with van der Waals surface area (Å²) in [7, 11) is 0. The zero-order valence-corrected chi connectivity index (χ0v) is 10.8. The number of rotatable bonds is 2. The van der Waals surface area contributed by atoms with Crippen LogP contribution < -0.4 is 4.90 Å². The second-order valence-corrected chi connectivity index (χ2v) is 5.71. The summed E-state index contributed by atoms with van der Waals surface area (Å²) in [4.78, 5) is 2.40. The molecule has 1 saturated carbocycles. The fourth-order valence-electron chi connectivity index (χ4n) is 2.56. The van der Waals surface area contributed by atoms with Crippen LogP contribution in [0.2, 0.25) is 0 Å². The van der Waals surface area contributed by atoms with E-state index in [0.29, 0.717) is 0 Å². The van der Waals surface area contributed by atoms with Crippen LogP contribution in [0, 0.1) is 0 Å². The number of anilines is 1. The van der Waals surface area contributed by atoms with Crippen molar-refractivity contribution in [1.82, 2.24) is 0 Å². The molecule has 0 aromatic heterocycles. The van der Waals surface area contributed by atoms with Gasteiger partial charge >= 0.3 is 0 Å². The third kappa shape index (κ3) is 1.66. The van der Waals surface area contributed by atoms with E-state index in [1.165, 1.54) is 18.5 Å². The van der Waals surface area contributed by atoms with Crippen molar-refractivity contribution in [1.29, 1.82) is 0 Å². The Labute approximate surface area is 104 Å². The molecule has 2 nitrogen and oxygen atoms in total.